The molecule has 0 fully saturated rings. The lowest BCUT2D eigenvalue weighted by Crippen LogP contribution is -2.33. The molecule has 10 heteroatoms. The lowest BCUT2D eigenvalue weighted by atomic mass is 10.1. The molecule has 0 bridgehead atoms. The van der Waals surface area contributed by atoms with E-state index in [4.69, 9.17) is 0 Å². The molecule has 1 unspecified atom stereocenters. The van der Waals surface area contributed by atoms with Crippen molar-refractivity contribution in [2.75, 3.05) is 16.0 Å². The molecule has 0 radical (unpaired) electrons. The second-order valence-corrected chi connectivity index (χ2v) is 10.0. The van der Waals surface area contributed by atoms with Crippen LogP contribution < -0.4 is 10.2 Å². The fourth-order valence-electron chi connectivity index (χ4n) is 3.48. The molecule has 2 aromatic carbocycles. The third kappa shape index (κ3) is 4.54. The van der Waals surface area contributed by atoms with Crippen molar-refractivity contribution in [1.82, 2.24) is 0 Å². The predicted octanol–water partition coefficient (Wildman–Crippen LogP) is 3.83. The molecule has 1 aliphatic rings. The van der Waals surface area contributed by atoms with E-state index < -0.39 is 39.6 Å². The van der Waals surface area contributed by atoms with Crippen LogP contribution in [0.15, 0.2) is 39.7 Å². The number of amides is 2. The first-order valence-corrected chi connectivity index (χ1v) is 11.5. The average Bonchev–Trinajstić information content (AvgIpc) is 2.96. The summed E-state index contributed by atoms with van der Waals surface area (Å²) in [6.45, 7) is 3.29. The third-order valence-corrected chi connectivity index (χ3v) is 7.49. The van der Waals surface area contributed by atoms with Gasteiger partial charge in [-0.25, -0.2) is 17.2 Å². The highest BCUT2D eigenvalue weighted by molar-refractivity contribution is 9.10. The Morgan fingerprint density at radius 3 is 2.57 bits per heavy atom. The Morgan fingerprint density at radius 1 is 1.23 bits per heavy atom. The molecule has 1 aliphatic heterocycles. The minimum absolute atomic E-state index is 0.0256. The number of hydrogen-bond acceptors (Lipinski definition) is 4. The van der Waals surface area contributed by atoms with Crippen molar-refractivity contribution in [2.45, 2.75) is 37.6 Å². The van der Waals surface area contributed by atoms with Gasteiger partial charge in [-0.2, -0.15) is 0 Å². The van der Waals surface area contributed by atoms with Crippen LogP contribution in [0.5, 0.6) is 0 Å². The van der Waals surface area contributed by atoms with Crippen molar-refractivity contribution in [3.8, 4) is 0 Å². The zero-order chi connectivity index (χ0) is 22.2. The number of benzene rings is 2. The Kier molecular flexibility index (Phi) is 6.28. The molecule has 2 amide bonds. The number of nitrogens with one attached hydrogen (secondary N) is 1. The van der Waals surface area contributed by atoms with Crippen molar-refractivity contribution < 1.29 is 26.8 Å². The zero-order valence-electron chi connectivity index (χ0n) is 16.2. The average molecular weight is 501 g/mol. The van der Waals surface area contributed by atoms with Crippen LogP contribution >= 0.6 is 15.9 Å². The molecular weight excluding hydrogens is 482 g/mol. The molecular formula is C20H19BrF2N2O4S. The van der Waals surface area contributed by atoms with Crippen LogP contribution in [0.4, 0.5) is 20.2 Å². The van der Waals surface area contributed by atoms with Gasteiger partial charge in [0.15, 0.2) is 9.84 Å². The second kappa shape index (κ2) is 8.43. The summed E-state index contributed by atoms with van der Waals surface area (Å²) in [5.41, 5.74) is 1.16. The van der Waals surface area contributed by atoms with Crippen LogP contribution in [-0.2, 0) is 25.8 Å². The fraction of sp³-hybridized carbons (Fsp3) is 0.300. The Balaban J connectivity index is 1.78. The summed E-state index contributed by atoms with van der Waals surface area (Å²) in [6.07, 6.45) is 0.189. The van der Waals surface area contributed by atoms with Crippen LogP contribution in [0, 0.1) is 11.6 Å². The molecule has 1 heterocycles. The van der Waals surface area contributed by atoms with Gasteiger partial charge in [-0.1, -0.05) is 0 Å². The molecule has 160 valence electrons. The fourth-order valence-corrected chi connectivity index (χ4v) is 5.93. The van der Waals surface area contributed by atoms with E-state index in [-0.39, 0.29) is 22.5 Å². The molecule has 1 atom stereocenters. The van der Waals surface area contributed by atoms with E-state index in [1.54, 1.807) is 11.0 Å². The number of fused-ring (bicyclic) bond motifs is 1. The van der Waals surface area contributed by atoms with E-state index in [1.807, 2.05) is 6.92 Å². The Morgan fingerprint density at radius 2 is 1.93 bits per heavy atom. The summed E-state index contributed by atoms with van der Waals surface area (Å²) >= 11 is 3.27. The minimum atomic E-state index is -3.88. The number of carbonyl (C=O) groups is 2. The van der Waals surface area contributed by atoms with Crippen molar-refractivity contribution in [3.05, 3.63) is 52.0 Å². The lowest BCUT2D eigenvalue weighted by Gasteiger charge is -2.21. The highest BCUT2D eigenvalue weighted by Crippen LogP contribution is 2.38. The van der Waals surface area contributed by atoms with Gasteiger partial charge < -0.3 is 10.2 Å². The quantitative estimate of drug-likeness (QED) is 0.676. The normalized spacial score (nSPS) is 15.8. The van der Waals surface area contributed by atoms with Crippen molar-refractivity contribution in [3.63, 3.8) is 0 Å². The molecule has 0 spiro atoms. The van der Waals surface area contributed by atoms with E-state index in [2.05, 4.69) is 21.2 Å². The van der Waals surface area contributed by atoms with Crippen molar-refractivity contribution in [1.29, 1.82) is 0 Å². The highest BCUT2D eigenvalue weighted by Gasteiger charge is 2.32. The summed E-state index contributed by atoms with van der Waals surface area (Å²) in [4.78, 5) is 25.6. The van der Waals surface area contributed by atoms with E-state index in [1.165, 1.54) is 13.0 Å². The second-order valence-electron chi connectivity index (χ2n) is 7.09. The van der Waals surface area contributed by atoms with Crippen LogP contribution in [0.2, 0.25) is 0 Å². The molecule has 2 aromatic rings. The van der Waals surface area contributed by atoms with Gasteiger partial charge in [-0.15, -0.1) is 0 Å². The van der Waals surface area contributed by atoms with Crippen molar-refractivity contribution in [2.24, 2.45) is 0 Å². The summed E-state index contributed by atoms with van der Waals surface area (Å²) < 4.78 is 52.6. The molecule has 6 nitrogen and oxygen atoms in total. The van der Waals surface area contributed by atoms with Crippen LogP contribution in [0.25, 0.3) is 0 Å². The summed E-state index contributed by atoms with van der Waals surface area (Å²) in [5.74, 6) is -3.17. The third-order valence-electron chi connectivity index (χ3n) is 4.83. The van der Waals surface area contributed by atoms with Gasteiger partial charge in [-0.3, -0.25) is 9.59 Å². The van der Waals surface area contributed by atoms with Crippen LogP contribution in [0.3, 0.4) is 0 Å². The first-order valence-electron chi connectivity index (χ1n) is 9.09. The largest absolute Gasteiger partial charge is 0.324 e. The van der Waals surface area contributed by atoms with Gasteiger partial charge in [-0.05, 0) is 59.1 Å². The summed E-state index contributed by atoms with van der Waals surface area (Å²) in [6, 6.07) is 5.70. The van der Waals surface area contributed by atoms with Gasteiger partial charge in [0.05, 0.1) is 16.3 Å². The lowest BCUT2D eigenvalue weighted by molar-refractivity contribution is -0.117. The van der Waals surface area contributed by atoms with Gasteiger partial charge in [0, 0.05) is 35.6 Å². The van der Waals surface area contributed by atoms with E-state index >= 15 is 0 Å². The van der Waals surface area contributed by atoms with Gasteiger partial charge in [0.1, 0.15) is 11.6 Å². The number of halogens is 3. The van der Waals surface area contributed by atoms with Crippen molar-refractivity contribution >= 4 is 49.0 Å². The van der Waals surface area contributed by atoms with Crippen LogP contribution in [-0.4, -0.2) is 32.0 Å². The highest BCUT2D eigenvalue weighted by atomic mass is 79.9. The predicted molar refractivity (Wildman–Crippen MR) is 112 cm³/mol. The Labute approximate surface area is 181 Å². The molecule has 30 heavy (non-hydrogen) atoms. The van der Waals surface area contributed by atoms with Gasteiger partial charge in [0.2, 0.25) is 11.8 Å². The number of sulfone groups is 1. The van der Waals surface area contributed by atoms with Crippen LogP contribution in [0.1, 0.15) is 25.8 Å². The van der Waals surface area contributed by atoms with Gasteiger partial charge in [0.25, 0.3) is 0 Å². The summed E-state index contributed by atoms with van der Waals surface area (Å²) in [7, 11) is -3.88. The standard InChI is InChI=1S/C20H19BrF2N2O4S/c1-11-7-13-8-15(21)19(10-18(13)25(11)12(2)26)30(28,29)6-5-20(27)24-17-4-3-14(22)9-16(17)23/h3-4,8-11H,5-7H2,1-2H3,(H,24,27). The number of anilines is 2. The molecule has 0 aliphatic carbocycles. The SMILES string of the molecule is CC(=O)N1c2cc(S(=O)(=O)CCC(=O)Nc3ccc(F)cc3F)c(Br)cc2CC1C. The maximum absolute atomic E-state index is 13.7. The molecule has 0 saturated carbocycles. The topological polar surface area (TPSA) is 83.6 Å². The molecule has 0 saturated heterocycles. The summed E-state index contributed by atoms with van der Waals surface area (Å²) in [5, 5.41) is 2.24. The Bertz CT molecular complexity index is 1140. The molecule has 3 rings (SSSR count). The number of nitrogens with zero attached hydrogens (tertiary/aromatic N) is 1. The molecule has 0 aromatic heterocycles. The minimum Gasteiger partial charge on any atom is -0.324 e. The van der Waals surface area contributed by atoms with Gasteiger partial charge >= 0.3 is 0 Å². The number of hydrogen-bond donors (Lipinski definition) is 1. The van der Waals surface area contributed by atoms with E-state index in [0.29, 0.717) is 22.6 Å². The number of carbonyl (C=O) groups excluding carboxylic acids is 2. The molecule has 1 N–H and O–H groups in total. The maximum Gasteiger partial charge on any atom is 0.225 e. The number of rotatable bonds is 5. The first-order chi connectivity index (χ1) is 14.0. The van der Waals surface area contributed by atoms with E-state index in [0.717, 1.165) is 17.7 Å². The maximum atomic E-state index is 13.7. The monoisotopic (exact) mass is 500 g/mol. The Hall–Kier alpha value is -2.33. The first kappa shape index (κ1) is 22.4. The van der Waals surface area contributed by atoms with E-state index in [9.17, 15) is 26.8 Å². The smallest absolute Gasteiger partial charge is 0.225 e. The zero-order valence-corrected chi connectivity index (χ0v) is 18.6.